The summed E-state index contributed by atoms with van der Waals surface area (Å²) in [5.74, 6) is 1.82. The number of aliphatic imine (C=N–C) groups is 1. The van der Waals surface area contributed by atoms with Crippen LogP contribution in [0.4, 0.5) is 5.69 Å². The standard InChI is InChI=1S/C20H35N5O/c1-6-24(7-2)16(3)14-22-20(21-4)23-17-12-13-25(15-17)18-10-8-9-11-19(18)26-5/h8-11,16-17H,6-7,12-15H2,1-5H3,(H2,21,22,23). The number of anilines is 1. The highest BCUT2D eigenvalue weighted by molar-refractivity contribution is 5.80. The number of likely N-dealkylation sites (N-methyl/N-ethyl adjacent to an activating group) is 1. The molecule has 0 spiro atoms. The maximum absolute atomic E-state index is 5.50. The van der Waals surface area contributed by atoms with Crippen LogP contribution >= 0.6 is 0 Å². The van der Waals surface area contributed by atoms with Gasteiger partial charge in [0.25, 0.3) is 0 Å². The molecule has 146 valence electrons. The van der Waals surface area contributed by atoms with Crippen LogP contribution in [-0.2, 0) is 0 Å². The molecular weight excluding hydrogens is 326 g/mol. The number of methoxy groups -OCH3 is 1. The van der Waals surface area contributed by atoms with Crippen molar-refractivity contribution in [2.75, 3.05) is 51.8 Å². The average Bonchev–Trinajstić information content (AvgIpc) is 3.14. The molecular formula is C20H35N5O. The molecule has 0 amide bonds. The van der Waals surface area contributed by atoms with Crippen LogP contribution in [0.25, 0.3) is 0 Å². The van der Waals surface area contributed by atoms with E-state index in [1.54, 1.807) is 7.11 Å². The van der Waals surface area contributed by atoms with Crippen LogP contribution < -0.4 is 20.3 Å². The van der Waals surface area contributed by atoms with Crippen molar-refractivity contribution in [3.8, 4) is 5.75 Å². The first-order valence-corrected chi connectivity index (χ1v) is 9.72. The second-order valence-corrected chi connectivity index (χ2v) is 6.77. The molecule has 1 aromatic carbocycles. The largest absolute Gasteiger partial charge is 0.495 e. The topological polar surface area (TPSA) is 52.1 Å². The number of hydrogen-bond acceptors (Lipinski definition) is 4. The fourth-order valence-electron chi connectivity index (χ4n) is 3.60. The lowest BCUT2D eigenvalue weighted by Crippen LogP contribution is -2.49. The molecule has 2 rings (SSSR count). The maximum Gasteiger partial charge on any atom is 0.191 e. The lowest BCUT2D eigenvalue weighted by Gasteiger charge is -2.27. The molecule has 1 fully saturated rings. The minimum absolute atomic E-state index is 0.384. The zero-order valence-corrected chi connectivity index (χ0v) is 17.0. The highest BCUT2D eigenvalue weighted by Crippen LogP contribution is 2.30. The van der Waals surface area contributed by atoms with Crippen molar-refractivity contribution in [2.45, 2.75) is 39.3 Å². The number of rotatable bonds is 8. The summed E-state index contributed by atoms with van der Waals surface area (Å²) in [6.45, 7) is 11.7. The van der Waals surface area contributed by atoms with Crippen LogP contribution in [0.3, 0.4) is 0 Å². The fraction of sp³-hybridized carbons (Fsp3) is 0.650. The van der Waals surface area contributed by atoms with Gasteiger partial charge in [-0.15, -0.1) is 0 Å². The number of ether oxygens (including phenoxy) is 1. The van der Waals surface area contributed by atoms with Crippen LogP contribution in [-0.4, -0.2) is 69.8 Å². The van der Waals surface area contributed by atoms with Gasteiger partial charge in [0.2, 0.25) is 0 Å². The summed E-state index contributed by atoms with van der Waals surface area (Å²) in [7, 11) is 3.57. The molecule has 0 radical (unpaired) electrons. The van der Waals surface area contributed by atoms with Crippen molar-refractivity contribution in [2.24, 2.45) is 4.99 Å². The molecule has 26 heavy (non-hydrogen) atoms. The third-order valence-corrected chi connectivity index (χ3v) is 5.18. The number of para-hydroxylation sites is 2. The maximum atomic E-state index is 5.50. The van der Waals surface area contributed by atoms with Gasteiger partial charge in [0, 0.05) is 38.8 Å². The minimum atomic E-state index is 0.384. The van der Waals surface area contributed by atoms with Crippen LogP contribution in [0.15, 0.2) is 29.3 Å². The minimum Gasteiger partial charge on any atom is -0.495 e. The Morgan fingerprint density at radius 1 is 1.35 bits per heavy atom. The lowest BCUT2D eigenvalue weighted by molar-refractivity contribution is 0.231. The molecule has 1 aromatic rings. The first-order chi connectivity index (χ1) is 12.6. The van der Waals surface area contributed by atoms with Gasteiger partial charge >= 0.3 is 0 Å². The Hall–Kier alpha value is -1.95. The summed E-state index contributed by atoms with van der Waals surface area (Å²) >= 11 is 0. The lowest BCUT2D eigenvalue weighted by atomic mass is 10.2. The Morgan fingerprint density at radius 3 is 2.73 bits per heavy atom. The zero-order valence-electron chi connectivity index (χ0n) is 17.0. The Bertz CT molecular complexity index is 573. The molecule has 2 unspecified atom stereocenters. The van der Waals surface area contributed by atoms with Gasteiger partial charge in [0.1, 0.15) is 5.75 Å². The molecule has 2 N–H and O–H groups in total. The van der Waals surface area contributed by atoms with Crippen LogP contribution in [0.1, 0.15) is 27.2 Å². The average molecular weight is 362 g/mol. The van der Waals surface area contributed by atoms with Gasteiger partial charge in [-0.25, -0.2) is 0 Å². The zero-order chi connectivity index (χ0) is 18.9. The quantitative estimate of drug-likeness (QED) is 0.549. The monoisotopic (exact) mass is 361 g/mol. The van der Waals surface area contributed by atoms with Gasteiger partial charge in [-0.3, -0.25) is 9.89 Å². The van der Waals surface area contributed by atoms with Crippen molar-refractivity contribution in [3.05, 3.63) is 24.3 Å². The summed E-state index contributed by atoms with van der Waals surface area (Å²) in [6.07, 6.45) is 1.09. The number of nitrogens with zero attached hydrogens (tertiary/aromatic N) is 3. The summed E-state index contributed by atoms with van der Waals surface area (Å²) in [5.41, 5.74) is 1.16. The molecule has 0 saturated carbocycles. The molecule has 6 nitrogen and oxygen atoms in total. The van der Waals surface area contributed by atoms with Gasteiger partial charge in [-0.2, -0.15) is 0 Å². The first kappa shape index (κ1) is 20.4. The molecule has 1 aliphatic rings. The first-order valence-electron chi connectivity index (χ1n) is 9.72. The summed E-state index contributed by atoms with van der Waals surface area (Å²) in [5, 5.41) is 7.05. The van der Waals surface area contributed by atoms with Crippen molar-refractivity contribution in [1.29, 1.82) is 0 Å². The third-order valence-electron chi connectivity index (χ3n) is 5.18. The Morgan fingerprint density at radius 2 is 2.08 bits per heavy atom. The van der Waals surface area contributed by atoms with E-state index in [0.717, 1.165) is 56.5 Å². The van der Waals surface area contributed by atoms with Crippen LogP contribution in [0, 0.1) is 0 Å². The Kier molecular flexibility index (Phi) is 8.04. The summed E-state index contributed by atoms with van der Waals surface area (Å²) in [6, 6.07) is 9.09. The van der Waals surface area contributed by atoms with E-state index in [4.69, 9.17) is 4.74 Å². The van der Waals surface area contributed by atoms with E-state index in [-0.39, 0.29) is 0 Å². The summed E-state index contributed by atoms with van der Waals surface area (Å²) < 4.78 is 5.50. The number of benzene rings is 1. The molecule has 0 bridgehead atoms. The number of hydrogen-bond donors (Lipinski definition) is 2. The van der Waals surface area contributed by atoms with E-state index in [0.29, 0.717) is 12.1 Å². The third kappa shape index (κ3) is 5.27. The second-order valence-electron chi connectivity index (χ2n) is 6.77. The normalized spacial score (nSPS) is 18.9. The predicted octanol–water partition coefficient (Wildman–Crippen LogP) is 2.17. The van der Waals surface area contributed by atoms with Crippen molar-refractivity contribution in [1.82, 2.24) is 15.5 Å². The van der Waals surface area contributed by atoms with Gasteiger partial charge in [-0.05, 0) is 38.6 Å². The smallest absolute Gasteiger partial charge is 0.191 e. The van der Waals surface area contributed by atoms with Gasteiger partial charge < -0.3 is 20.3 Å². The van der Waals surface area contributed by atoms with Crippen LogP contribution in [0.2, 0.25) is 0 Å². The highest BCUT2D eigenvalue weighted by Gasteiger charge is 2.25. The Labute approximate surface area is 158 Å². The predicted molar refractivity (Wildman–Crippen MR) is 110 cm³/mol. The molecule has 6 heteroatoms. The molecule has 1 aliphatic heterocycles. The van der Waals surface area contributed by atoms with Gasteiger partial charge in [-0.1, -0.05) is 26.0 Å². The SMILES string of the molecule is CCN(CC)C(C)CNC(=NC)NC1CCN(c2ccccc2OC)C1. The van der Waals surface area contributed by atoms with E-state index in [1.165, 1.54) is 0 Å². The van der Waals surface area contributed by atoms with Crippen molar-refractivity contribution >= 4 is 11.6 Å². The number of nitrogens with one attached hydrogen (secondary N) is 2. The highest BCUT2D eigenvalue weighted by atomic mass is 16.5. The summed E-state index contributed by atoms with van der Waals surface area (Å²) in [4.78, 5) is 9.22. The second kappa shape index (κ2) is 10.3. The van der Waals surface area contributed by atoms with Gasteiger partial charge in [0.15, 0.2) is 5.96 Å². The van der Waals surface area contributed by atoms with E-state index < -0.39 is 0 Å². The Balaban J connectivity index is 1.86. The van der Waals surface area contributed by atoms with E-state index in [2.05, 4.69) is 58.3 Å². The molecule has 0 aromatic heterocycles. The van der Waals surface area contributed by atoms with E-state index >= 15 is 0 Å². The van der Waals surface area contributed by atoms with Crippen molar-refractivity contribution in [3.63, 3.8) is 0 Å². The fourth-order valence-corrected chi connectivity index (χ4v) is 3.60. The van der Waals surface area contributed by atoms with Crippen molar-refractivity contribution < 1.29 is 4.74 Å². The van der Waals surface area contributed by atoms with Crippen LogP contribution in [0.5, 0.6) is 5.75 Å². The van der Waals surface area contributed by atoms with E-state index in [9.17, 15) is 0 Å². The molecule has 1 saturated heterocycles. The number of guanidine groups is 1. The molecule has 0 aliphatic carbocycles. The van der Waals surface area contributed by atoms with Gasteiger partial charge in [0.05, 0.1) is 12.8 Å². The molecule has 1 heterocycles. The van der Waals surface area contributed by atoms with E-state index in [1.807, 2.05) is 19.2 Å². The molecule has 2 atom stereocenters.